The summed E-state index contributed by atoms with van der Waals surface area (Å²) in [5.41, 5.74) is 0. The van der Waals surface area contributed by atoms with Gasteiger partial charge in [0.1, 0.15) is 5.16 Å². The lowest BCUT2D eigenvalue weighted by molar-refractivity contribution is 0.991. The van der Waals surface area contributed by atoms with Crippen molar-refractivity contribution in [2.24, 2.45) is 0 Å². The first-order valence-corrected chi connectivity index (χ1v) is 3.23. The standard InChI is InChI=1S/C6H6Cl2N/c1-6(8)2-3-9-5(7)4-6/h2-4,9H,1H2. The fourth-order valence-electron chi connectivity index (χ4n) is 0.560. The van der Waals surface area contributed by atoms with Crippen LogP contribution in [0.1, 0.15) is 0 Å². The molecule has 0 aromatic heterocycles. The van der Waals surface area contributed by atoms with E-state index in [4.69, 9.17) is 23.2 Å². The van der Waals surface area contributed by atoms with Crippen LogP contribution in [0.3, 0.4) is 0 Å². The number of alkyl halides is 1. The van der Waals surface area contributed by atoms with Gasteiger partial charge in [-0.1, -0.05) is 11.6 Å². The van der Waals surface area contributed by atoms with E-state index in [0.717, 1.165) is 0 Å². The highest BCUT2D eigenvalue weighted by molar-refractivity contribution is 6.32. The number of halogens is 2. The van der Waals surface area contributed by atoms with E-state index in [-0.39, 0.29) is 0 Å². The lowest BCUT2D eigenvalue weighted by atomic mass is 10.1. The SMILES string of the molecule is [CH2]C1(Cl)C=CNC(Cl)=C1. The molecule has 0 amide bonds. The number of allylic oxidation sites excluding steroid dienone is 2. The van der Waals surface area contributed by atoms with E-state index < -0.39 is 4.87 Å². The minimum atomic E-state index is -0.664. The topological polar surface area (TPSA) is 12.0 Å². The van der Waals surface area contributed by atoms with Gasteiger partial charge in [-0.05, 0) is 25.3 Å². The number of hydrogen-bond donors (Lipinski definition) is 1. The van der Waals surface area contributed by atoms with Crippen LogP contribution in [0, 0.1) is 6.92 Å². The Morgan fingerprint density at radius 1 is 1.67 bits per heavy atom. The van der Waals surface area contributed by atoms with E-state index in [1.54, 1.807) is 18.4 Å². The molecule has 0 aromatic rings. The van der Waals surface area contributed by atoms with Crippen LogP contribution in [0.5, 0.6) is 0 Å². The third-order valence-electron chi connectivity index (χ3n) is 0.948. The molecular formula is C6H6Cl2N. The van der Waals surface area contributed by atoms with Gasteiger partial charge in [-0.3, -0.25) is 0 Å². The lowest BCUT2D eigenvalue weighted by Crippen LogP contribution is -2.18. The summed E-state index contributed by atoms with van der Waals surface area (Å²) in [4.78, 5) is -0.664. The monoisotopic (exact) mass is 162 g/mol. The molecular weight excluding hydrogens is 157 g/mol. The van der Waals surface area contributed by atoms with Gasteiger partial charge < -0.3 is 5.32 Å². The molecule has 0 aromatic carbocycles. The van der Waals surface area contributed by atoms with Gasteiger partial charge in [0.05, 0.1) is 4.87 Å². The highest BCUT2D eigenvalue weighted by atomic mass is 35.5. The molecule has 1 unspecified atom stereocenters. The molecule has 0 saturated heterocycles. The Morgan fingerprint density at radius 2 is 2.33 bits per heavy atom. The summed E-state index contributed by atoms with van der Waals surface area (Å²) in [5.74, 6) is 0. The van der Waals surface area contributed by atoms with Crippen molar-refractivity contribution in [1.82, 2.24) is 5.32 Å². The van der Waals surface area contributed by atoms with Crippen molar-refractivity contribution in [2.45, 2.75) is 4.87 Å². The average molecular weight is 163 g/mol. The number of rotatable bonds is 0. The van der Waals surface area contributed by atoms with Crippen LogP contribution in [0.4, 0.5) is 0 Å². The largest absolute Gasteiger partial charge is 0.353 e. The molecule has 0 saturated carbocycles. The Morgan fingerprint density at radius 3 is 2.67 bits per heavy atom. The predicted octanol–water partition coefficient (Wildman–Crippen LogP) is 2.00. The van der Waals surface area contributed by atoms with E-state index in [9.17, 15) is 0 Å². The van der Waals surface area contributed by atoms with Gasteiger partial charge in [-0.15, -0.1) is 11.6 Å². The van der Waals surface area contributed by atoms with Crippen LogP contribution in [0.25, 0.3) is 0 Å². The van der Waals surface area contributed by atoms with E-state index in [0.29, 0.717) is 5.16 Å². The molecule has 9 heavy (non-hydrogen) atoms. The van der Waals surface area contributed by atoms with Crippen molar-refractivity contribution in [3.05, 3.63) is 30.4 Å². The molecule has 1 rings (SSSR count). The minimum absolute atomic E-state index is 0.516. The van der Waals surface area contributed by atoms with E-state index in [1.165, 1.54) is 0 Å². The van der Waals surface area contributed by atoms with Gasteiger partial charge in [0.2, 0.25) is 0 Å². The molecule has 1 radical (unpaired) electrons. The Bertz CT molecular complexity index is 170. The summed E-state index contributed by atoms with van der Waals surface area (Å²) in [7, 11) is 0. The van der Waals surface area contributed by atoms with E-state index in [2.05, 4.69) is 12.2 Å². The molecule has 1 aliphatic heterocycles. The number of dihydropyridines is 1. The van der Waals surface area contributed by atoms with Crippen LogP contribution in [-0.4, -0.2) is 4.87 Å². The van der Waals surface area contributed by atoms with Crippen LogP contribution in [0.15, 0.2) is 23.5 Å². The van der Waals surface area contributed by atoms with E-state index >= 15 is 0 Å². The summed E-state index contributed by atoms with van der Waals surface area (Å²) in [6, 6.07) is 0. The maximum absolute atomic E-state index is 5.77. The Labute approximate surface area is 64.3 Å². The first-order valence-electron chi connectivity index (χ1n) is 2.47. The zero-order valence-corrected chi connectivity index (χ0v) is 6.21. The molecule has 3 heteroatoms. The van der Waals surface area contributed by atoms with Crippen molar-refractivity contribution in [2.75, 3.05) is 0 Å². The third kappa shape index (κ3) is 1.92. The molecule has 1 atom stereocenters. The van der Waals surface area contributed by atoms with Crippen LogP contribution in [-0.2, 0) is 0 Å². The van der Waals surface area contributed by atoms with Crippen molar-refractivity contribution >= 4 is 23.2 Å². The van der Waals surface area contributed by atoms with Gasteiger partial charge in [0, 0.05) is 0 Å². The van der Waals surface area contributed by atoms with Crippen LogP contribution in [0.2, 0.25) is 0 Å². The summed E-state index contributed by atoms with van der Waals surface area (Å²) < 4.78 is 0. The minimum Gasteiger partial charge on any atom is -0.353 e. The normalized spacial score (nSPS) is 33.4. The zero-order valence-electron chi connectivity index (χ0n) is 4.70. The molecule has 1 N–H and O–H groups in total. The van der Waals surface area contributed by atoms with Crippen molar-refractivity contribution in [3.8, 4) is 0 Å². The molecule has 0 aliphatic carbocycles. The molecule has 0 fully saturated rings. The average Bonchev–Trinajstić information content (AvgIpc) is 1.60. The summed E-state index contributed by atoms with van der Waals surface area (Å²) in [5, 5.41) is 3.28. The van der Waals surface area contributed by atoms with Gasteiger partial charge in [0.15, 0.2) is 0 Å². The second-order valence-electron chi connectivity index (χ2n) is 1.90. The molecule has 49 valence electrons. The Balaban J connectivity index is 2.78. The van der Waals surface area contributed by atoms with Gasteiger partial charge >= 0.3 is 0 Å². The van der Waals surface area contributed by atoms with Gasteiger partial charge in [-0.25, -0.2) is 0 Å². The number of nitrogens with one attached hydrogen (secondary N) is 1. The smallest absolute Gasteiger partial charge is 0.104 e. The predicted molar refractivity (Wildman–Crippen MR) is 40.2 cm³/mol. The first kappa shape index (κ1) is 6.97. The molecule has 1 aliphatic rings. The Kier molecular flexibility index (Phi) is 1.73. The fourth-order valence-corrected chi connectivity index (χ4v) is 1.05. The molecule has 1 nitrogen and oxygen atoms in total. The lowest BCUT2D eigenvalue weighted by Gasteiger charge is -2.16. The summed E-state index contributed by atoms with van der Waals surface area (Å²) in [6.07, 6.45) is 5.03. The first-order chi connectivity index (χ1) is 4.10. The van der Waals surface area contributed by atoms with Gasteiger partial charge in [0.25, 0.3) is 0 Å². The van der Waals surface area contributed by atoms with E-state index in [1.807, 2.05) is 0 Å². The Hall–Kier alpha value is -0.140. The molecule has 1 heterocycles. The molecule has 0 bridgehead atoms. The van der Waals surface area contributed by atoms with Crippen molar-refractivity contribution in [1.29, 1.82) is 0 Å². The summed E-state index contributed by atoms with van der Waals surface area (Å²) >= 11 is 11.3. The van der Waals surface area contributed by atoms with Crippen molar-refractivity contribution < 1.29 is 0 Å². The number of hydrogen-bond acceptors (Lipinski definition) is 1. The quantitative estimate of drug-likeness (QED) is 0.425. The fraction of sp³-hybridized carbons (Fsp3) is 0.167. The molecule has 0 spiro atoms. The van der Waals surface area contributed by atoms with Gasteiger partial charge in [-0.2, -0.15) is 0 Å². The zero-order chi connectivity index (χ0) is 6.91. The third-order valence-corrected chi connectivity index (χ3v) is 1.40. The summed E-state index contributed by atoms with van der Waals surface area (Å²) in [6.45, 7) is 3.66. The second kappa shape index (κ2) is 2.24. The second-order valence-corrected chi connectivity index (χ2v) is 3.01. The highest BCUT2D eigenvalue weighted by Gasteiger charge is 2.16. The van der Waals surface area contributed by atoms with Crippen molar-refractivity contribution in [3.63, 3.8) is 0 Å². The van der Waals surface area contributed by atoms with Crippen LogP contribution >= 0.6 is 23.2 Å². The maximum Gasteiger partial charge on any atom is 0.104 e. The highest BCUT2D eigenvalue weighted by Crippen LogP contribution is 2.22. The maximum atomic E-state index is 5.77. The van der Waals surface area contributed by atoms with Crippen LogP contribution < -0.4 is 5.32 Å².